The van der Waals surface area contributed by atoms with Crippen molar-refractivity contribution >= 4 is 5.78 Å². The molecule has 3 aromatic rings. The summed E-state index contributed by atoms with van der Waals surface area (Å²) in [5.41, 5.74) is 4.35. The van der Waals surface area contributed by atoms with Crippen molar-refractivity contribution < 1.29 is 26.5 Å². The number of pyridine rings is 1. The average molecular weight is 380 g/mol. The molecule has 4 rings (SSSR count). The van der Waals surface area contributed by atoms with Crippen LogP contribution >= 0.6 is 0 Å². The fourth-order valence-electron chi connectivity index (χ4n) is 3.73. The van der Waals surface area contributed by atoms with E-state index in [0.29, 0.717) is 5.75 Å². The molecule has 3 nitrogen and oxygen atoms in total. The van der Waals surface area contributed by atoms with Gasteiger partial charge in [-0.15, -0.1) is 0 Å². The van der Waals surface area contributed by atoms with Crippen LogP contribution in [0.3, 0.4) is 0 Å². The Morgan fingerprint density at radius 3 is 2.41 bits per heavy atom. The van der Waals surface area contributed by atoms with Gasteiger partial charge in [0.15, 0.2) is 24.7 Å². The molecule has 4 heteroatoms. The highest BCUT2D eigenvalue weighted by Gasteiger charge is 2.33. The van der Waals surface area contributed by atoms with Gasteiger partial charge in [-0.05, 0) is 30.0 Å². The van der Waals surface area contributed by atoms with Gasteiger partial charge >= 0.3 is 0 Å². The summed E-state index contributed by atoms with van der Waals surface area (Å²) in [5.74, 6) is 0.911. The minimum atomic E-state index is 0. The molecule has 1 heterocycles. The van der Waals surface area contributed by atoms with E-state index < -0.39 is 0 Å². The first-order chi connectivity index (χ1) is 12.7. The number of hydrogen-bond donors (Lipinski definition) is 0. The maximum absolute atomic E-state index is 12.8. The van der Waals surface area contributed by atoms with E-state index in [0.717, 1.165) is 30.5 Å². The van der Waals surface area contributed by atoms with Gasteiger partial charge in [-0.2, -0.15) is 0 Å². The van der Waals surface area contributed by atoms with E-state index in [9.17, 15) is 4.79 Å². The molecule has 0 saturated heterocycles. The van der Waals surface area contributed by atoms with Gasteiger partial charge in [0.05, 0.1) is 12.7 Å². The zero-order valence-electron chi connectivity index (χ0n) is 15.3. The molecule has 1 unspecified atom stereocenters. The number of methoxy groups -OCH3 is 1. The molecule has 0 saturated carbocycles. The number of aromatic nitrogens is 1. The predicted molar refractivity (Wildman–Crippen MR) is 100 cm³/mol. The Balaban J connectivity index is 0.00000210. The van der Waals surface area contributed by atoms with Crippen LogP contribution in [0.15, 0.2) is 73.1 Å². The Labute approximate surface area is 166 Å². The Hall–Kier alpha value is -2.65. The SMILES string of the molecule is COc1cccc2c1C(=O)C(Cc1cc[n+](Cc3ccccc3)cc1)C2.[Cl-]. The summed E-state index contributed by atoms with van der Waals surface area (Å²) in [5, 5.41) is 0. The smallest absolute Gasteiger partial charge is 0.173 e. The van der Waals surface area contributed by atoms with Gasteiger partial charge in [-0.25, -0.2) is 4.57 Å². The highest BCUT2D eigenvalue weighted by molar-refractivity contribution is 6.04. The number of fused-ring (bicyclic) bond motifs is 1. The van der Waals surface area contributed by atoms with Crippen LogP contribution in [-0.4, -0.2) is 12.9 Å². The number of ketones is 1. The topological polar surface area (TPSA) is 30.2 Å². The number of Topliss-reactive ketones (excluding diaryl/α,β-unsaturated/α-hetero) is 1. The van der Waals surface area contributed by atoms with E-state index in [1.165, 1.54) is 11.1 Å². The third-order valence-electron chi connectivity index (χ3n) is 5.07. The first kappa shape index (κ1) is 19.1. The van der Waals surface area contributed by atoms with Gasteiger partial charge in [0.2, 0.25) is 0 Å². The van der Waals surface area contributed by atoms with Gasteiger partial charge in [0.25, 0.3) is 0 Å². The van der Waals surface area contributed by atoms with Crippen LogP contribution in [-0.2, 0) is 19.4 Å². The van der Waals surface area contributed by atoms with Crippen molar-refractivity contribution in [2.24, 2.45) is 5.92 Å². The third kappa shape index (κ3) is 4.04. The summed E-state index contributed by atoms with van der Waals surface area (Å²) >= 11 is 0. The molecule has 0 fully saturated rings. The number of benzene rings is 2. The third-order valence-corrected chi connectivity index (χ3v) is 5.07. The molecule has 0 spiro atoms. The molecule has 138 valence electrons. The van der Waals surface area contributed by atoms with E-state index >= 15 is 0 Å². The number of hydrogen-bond acceptors (Lipinski definition) is 2. The first-order valence-corrected chi connectivity index (χ1v) is 8.96. The van der Waals surface area contributed by atoms with Crippen molar-refractivity contribution in [1.82, 2.24) is 0 Å². The van der Waals surface area contributed by atoms with Crippen LogP contribution in [0, 0.1) is 5.92 Å². The lowest BCUT2D eigenvalue weighted by atomic mass is 9.96. The van der Waals surface area contributed by atoms with Crippen molar-refractivity contribution in [3.63, 3.8) is 0 Å². The molecule has 1 atom stereocenters. The highest BCUT2D eigenvalue weighted by Crippen LogP contribution is 2.34. The Morgan fingerprint density at radius 2 is 1.70 bits per heavy atom. The van der Waals surface area contributed by atoms with Crippen LogP contribution in [0.4, 0.5) is 0 Å². The minimum Gasteiger partial charge on any atom is -1.00 e. The number of halogens is 1. The summed E-state index contributed by atoms with van der Waals surface area (Å²) in [6, 6.07) is 20.5. The first-order valence-electron chi connectivity index (χ1n) is 8.96. The second-order valence-corrected chi connectivity index (χ2v) is 6.83. The lowest BCUT2D eigenvalue weighted by Crippen LogP contribution is -3.00. The fourth-order valence-corrected chi connectivity index (χ4v) is 3.73. The van der Waals surface area contributed by atoms with Crippen LogP contribution in [0.5, 0.6) is 5.75 Å². The summed E-state index contributed by atoms with van der Waals surface area (Å²) in [6.07, 6.45) is 5.75. The van der Waals surface area contributed by atoms with Gasteiger partial charge in [0.1, 0.15) is 5.75 Å². The molecule has 1 aliphatic carbocycles. The average Bonchev–Trinajstić information content (AvgIpc) is 3.00. The number of ether oxygens (including phenoxy) is 1. The summed E-state index contributed by atoms with van der Waals surface area (Å²) < 4.78 is 7.53. The molecule has 1 aromatic heterocycles. The molecule has 0 N–H and O–H groups in total. The molecule has 2 aromatic carbocycles. The monoisotopic (exact) mass is 379 g/mol. The Morgan fingerprint density at radius 1 is 0.963 bits per heavy atom. The van der Waals surface area contributed by atoms with Gasteiger partial charge in [-0.1, -0.05) is 42.5 Å². The molecule has 0 amide bonds. The van der Waals surface area contributed by atoms with E-state index in [2.05, 4.69) is 53.4 Å². The molecular weight excluding hydrogens is 358 g/mol. The van der Waals surface area contributed by atoms with Crippen molar-refractivity contribution in [2.75, 3.05) is 7.11 Å². The van der Waals surface area contributed by atoms with Crippen LogP contribution in [0.2, 0.25) is 0 Å². The predicted octanol–water partition coefficient (Wildman–Crippen LogP) is 0.633. The fraction of sp³-hybridized carbons (Fsp3) is 0.217. The van der Waals surface area contributed by atoms with Crippen LogP contribution in [0.1, 0.15) is 27.0 Å². The number of nitrogens with zero attached hydrogens (tertiary/aromatic N) is 1. The van der Waals surface area contributed by atoms with E-state index in [-0.39, 0.29) is 24.1 Å². The van der Waals surface area contributed by atoms with Gasteiger partial charge in [0, 0.05) is 23.6 Å². The largest absolute Gasteiger partial charge is 1.00 e. The van der Waals surface area contributed by atoms with Crippen LogP contribution in [0.25, 0.3) is 0 Å². The molecular formula is C23H22ClNO2. The maximum Gasteiger partial charge on any atom is 0.173 e. The normalized spacial score (nSPS) is 15.1. The number of carbonyl (C=O) groups excluding carboxylic acids is 1. The second-order valence-electron chi connectivity index (χ2n) is 6.83. The Kier molecular flexibility index (Phi) is 5.92. The van der Waals surface area contributed by atoms with E-state index in [1.807, 2.05) is 24.3 Å². The molecule has 0 radical (unpaired) electrons. The summed E-state index contributed by atoms with van der Waals surface area (Å²) in [7, 11) is 1.62. The molecule has 1 aliphatic rings. The lowest BCUT2D eigenvalue weighted by Gasteiger charge is -2.08. The lowest BCUT2D eigenvalue weighted by molar-refractivity contribution is -0.688. The van der Waals surface area contributed by atoms with E-state index in [4.69, 9.17) is 4.74 Å². The molecule has 0 bridgehead atoms. The van der Waals surface area contributed by atoms with Crippen molar-refractivity contribution in [2.45, 2.75) is 19.4 Å². The number of rotatable bonds is 5. The van der Waals surface area contributed by atoms with Gasteiger partial charge in [-0.3, -0.25) is 4.79 Å². The van der Waals surface area contributed by atoms with Crippen molar-refractivity contribution in [3.8, 4) is 5.75 Å². The maximum atomic E-state index is 12.8. The zero-order chi connectivity index (χ0) is 17.9. The van der Waals surface area contributed by atoms with E-state index in [1.54, 1.807) is 7.11 Å². The summed E-state index contributed by atoms with van der Waals surface area (Å²) in [4.78, 5) is 12.8. The standard InChI is InChI=1S/C23H22NO2.ClH/c1-26-21-9-5-8-19-15-20(23(25)22(19)21)14-17-10-12-24(13-11-17)16-18-6-3-2-4-7-18;/h2-13,20H,14-16H2,1H3;1H/q+1;/p-1. The minimum absolute atomic E-state index is 0. The highest BCUT2D eigenvalue weighted by atomic mass is 35.5. The molecule has 27 heavy (non-hydrogen) atoms. The van der Waals surface area contributed by atoms with Gasteiger partial charge < -0.3 is 17.1 Å². The molecule has 0 aliphatic heterocycles. The van der Waals surface area contributed by atoms with Crippen molar-refractivity contribution in [1.29, 1.82) is 0 Å². The quantitative estimate of drug-likeness (QED) is 0.609. The van der Waals surface area contributed by atoms with Crippen LogP contribution < -0.4 is 21.7 Å². The summed E-state index contributed by atoms with van der Waals surface area (Å²) in [6.45, 7) is 0.853. The Bertz CT molecular complexity index is 923. The van der Waals surface area contributed by atoms with Crippen molar-refractivity contribution in [3.05, 3.63) is 95.3 Å². The number of carbonyl (C=O) groups is 1. The zero-order valence-corrected chi connectivity index (χ0v) is 16.0. The second kappa shape index (κ2) is 8.36.